The Morgan fingerprint density at radius 1 is 1.14 bits per heavy atom. The zero-order chi connectivity index (χ0) is 15.0. The number of urea groups is 1. The van der Waals surface area contributed by atoms with E-state index in [1.165, 1.54) is 4.90 Å². The highest BCUT2D eigenvalue weighted by atomic mass is 19.3. The van der Waals surface area contributed by atoms with Crippen LogP contribution in [0.1, 0.15) is 38.5 Å². The number of amides is 3. The maximum atomic E-state index is 13.1. The largest absolute Gasteiger partial charge is 0.336 e. The SMILES string of the molecule is O=C(NC1CCC(F)(F)CC1)N1CCN(C2CC2)C(=O)C1. The number of carbonyl (C=O) groups is 2. The zero-order valence-corrected chi connectivity index (χ0v) is 12.0. The summed E-state index contributed by atoms with van der Waals surface area (Å²) in [5.74, 6) is -2.60. The summed E-state index contributed by atoms with van der Waals surface area (Å²) in [6.07, 6.45) is 2.38. The molecule has 3 aliphatic rings. The van der Waals surface area contributed by atoms with Gasteiger partial charge in [-0.25, -0.2) is 13.6 Å². The molecule has 0 unspecified atom stereocenters. The predicted octanol–water partition coefficient (Wildman–Crippen LogP) is 1.58. The molecule has 21 heavy (non-hydrogen) atoms. The fourth-order valence-corrected chi connectivity index (χ4v) is 3.08. The van der Waals surface area contributed by atoms with Crippen molar-refractivity contribution < 1.29 is 18.4 Å². The van der Waals surface area contributed by atoms with Gasteiger partial charge in [-0.1, -0.05) is 0 Å². The summed E-state index contributed by atoms with van der Waals surface area (Å²) in [6, 6.07) is -0.119. The molecule has 2 saturated carbocycles. The van der Waals surface area contributed by atoms with Gasteiger partial charge in [0.15, 0.2) is 0 Å². The normalized spacial score (nSPS) is 26.9. The van der Waals surface area contributed by atoms with Crippen LogP contribution in [-0.2, 0) is 4.79 Å². The smallest absolute Gasteiger partial charge is 0.318 e. The van der Waals surface area contributed by atoms with Gasteiger partial charge in [-0.3, -0.25) is 4.79 Å². The van der Waals surface area contributed by atoms with Gasteiger partial charge >= 0.3 is 6.03 Å². The quantitative estimate of drug-likeness (QED) is 0.842. The fraction of sp³-hybridized carbons (Fsp3) is 0.857. The van der Waals surface area contributed by atoms with E-state index in [1.54, 1.807) is 0 Å². The molecule has 3 fully saturated rings. The number of nitrogens with one attached hydrogen (secondary N) is 1. The molecule has 0 aromatic rings. The average molecular weight is 301 g/mol. The van der Waals surface area contributed by atoms with E-state index in [2.05, 4.69) is 5.32 Å². The number of carbonyl (C=O) groups excluding carboxylic acids is 2. The van der Waals surface area contributed by atoms with Gasteiger partial charge in [-0.15, -0.1) is 0 Å². The minimum Gasteiger partial charge on any atom is -0.336 e. The van der Waals surface area contributed by atoms with Gasteiger partial charge in [0.05, 0.1) is 0 Å². The van der Waals surface area contributed by atoms with Crippen molar-refractivity contribution in [1.29, 1.82) is 0 Å². The van der Waals surface area contributed by atoms with E-state index in [9.17, 15) is 18.4 Å². The van der Waals surface area contributed by atoms with Crippen LogP contribution in [-0.4, -0.2) is 59.4 Å². The first-order chi connectivity index (χ1) is 9.94. The molecule has 2 aliphatic carbocycles. The highest BCUT2D eigenvalue weighted by Gasteiger charge is 2.38. The summed E-state index contributed by atoms with van der Waals surface area (Å²) in [7, 11) is 0. The van der Waals surface area contributed by atoms with Gasteiger partial charge in [-0.2, -0.15) is 0 Å². The van der Waals surface area contributed by atoms with Crippen LogP contribution >= 0.6 is 0 Å². The molecule has 0 atom stereocenters. The van der Waals surface area contributed by atoms with E-state index in [0.717, 1.165) is 12.8 Å². The van der Waals surface area contributed by atoms with Crippen molar-refractivity contribution in [1.82, 2.24) is 15.1 Å². The minimum atomic E-state index is -2.59. The number of nitrogens with zero attached hydrogens (tertiary/aromatic N) is 2. The van der Waals surface area contributed by atoms with Crippen molar-refractivity contribution >= 4 is 11.9 Å². The summed E-state index contributed by atoms with van der Waals surface area (Å²) >= 11 is 0. The standard InChI is InChI=1S/C14H21F2N3O2/c15-14(16)5-3-10(4-6-14)17-13(21)18-7-8-19(11-1-2-11)12(20)9-18/h10-11H,1-9H2,(H,17,21). The molecular weight excluding hydrogens is 280 g/mol. The second-order valence-electron chi connectivity index (χ2n) is 6.32. The van der Waals surface area contributed by atoms with Crippen LogP contribution < -0.4 is 5.32 Å². The lowest BCUT2D eigenvalue weighted by atomic mass is 9.92. The van der Waals surface area contributed by atoms with Crippen molar-refractivity contribution in [2.45, 2.75) is 56.5 Å². The Morgan fingerprint density at radius 2 is 1.81 bits per heavy atom. The lowest BCUT2D eigenvalue weighted by molar-refractivity contribution is -0.135. The Kier molecular flexibility index (Phi) is 3.75. The van der Waals surface area contributed by atoms with Crippen LogP contribution in [0, 0.1) is 0 Å². The Labute approximate surface area is 122 Å². The van der Waals surface area contributed by atoms with Crippen molar-refractivity contribution in [3.8, 4) is 0 Å². The van der Waals surface area contributed by atoms with E-state index >= 15 is 0 Å². The first-order valence-electron chi connectivity index (χ1n) is 7.67. The van der Waals surface area contributed by atoms with Crippen LogP contribution in [0.4, 0.5) is 13.6 Å². The third-order valence-electron chi connectivity index (χ3n) is 4.58. The monoisotopic (exact) mass is 301 g/mol. The third-order valence-corrected chi connectivity index (χ3v) is 4.58. The Balaban J connectivity index is 1.47. The van der Waals surface area contributed by atoms with Gasteiger partial charge in [-0.05, 0) is 25.7 Å². The molecule has 1 N–H and O–H groups in total. The predicted molar refractivity (Wildman–Crippen MR) is 72.0 cm³/mol. The summed E-state index contributed by atoms with van der Waals surface area (Å²) in [4.78, 5) is 27.4. The Hall–Kier alpha value is -1.40. The summed E-state index contributed by atoms with van der Waals surface area (Å²) in [5.41, 5.74) is 0. The Bertz CT molecular complexity index is 430. The molecule has 1 saturated heterocycles. The van der Waals surface area contributed by atoms with Crippen molar-refractivity contribution in [3.63, 3.8) is 0 Å². The molecule has 5 nitrogen and oxygen atoms in total. The topological polar surface area (TPSA) is 52.7 Å². The van der Waals surface area contributed by atoms with Crippen LogP contribution in [0.2, 0.25) is 0 Å². The molecule has 0 spiro atoms. The van der Waals surface area contributed by atoms with E-state index in [4.69, 9.17) is 0 Å². The van der Waals surface area contributed by atoms with Crippen molar-refractivity contribution in [3.05, 3.63) is 0 Å². The zero-order valence-electron chi connectivity index (χ0n) is 12.0. The average Bonchev–Trinajstić information content (AvgIpc) is 3.25. The van der Waals surface area contributed by atoms with E-state index in [-0.39, 0.29) is 37.4 Å². The number of alkyl halides is 2. The first kappa shape index (κ1) is 14.5. The highest BCUT2D eigenvalue weighted by Crippen LogP contribution is 2.33. The molecular formula is C14H21F2N3O2. The van der Waals surface area contributed by atoms with Crippen LogP contribution in [0.25, 0.3) is 0 Å². The van der Waals surface area contributed by atoms with Crippen LogP contribution in [0.5, 0.6) is 0 Å². The second-order valence-corrected chi connectivity index (χ2v) is 6.32. The molecule has 3 rings (SSSR count). The van der Waals surface area contributed by atoms with Gasteiger partial charge in [0, 0.05) is 38.0 Å². The number of hydrogen-bond donors (Lipinski definition) is 1. The van der Waals surface area contributed by atoms with Crippen molar-refractivity contribution in [2.75, 3.05) is 19.6 Å². The van der Waals surface area contributed by atoms with Gasteiger partial charge in [0.25, 0.3) is 0 Å². The summed E-state index contributed by atoms with van der Waals surface area (Å²) in [5, 5.41) is 2.79. The second kappa shape index (κ2) is 5.42. The maximum absolute atomic E-state index is 13.1. The number of piperazine rings is 1. The number of rotatable bonds is 2. The first-order valence-corrected chi connectivity index (χ1v) is 7.67. The van der Waals surface area contributed by atoms with E-state index in [0.29, 0.717) is 32.0 Å². The van der Waals surface area contributed by atoms with E-state index < -0.39 is 5.92 Å². The van der Waals surface area contributed by atoms with E-state index in [1.807, 2.05) is 4.90 Å². The molecule has 7 heteroatoms. The number of halogens is 2. The van der Waals surface area contributed by atoms with Gasteiger partial charge in [0.2, 0.25) is 11.8 Å². The molecule has 118 valence electrons. The summed E-state index contributed by atoms with van der Waals surface area (Å²) < 4.78 is 26.1. The third kappa shape index (κ3) is 3.44. The molecule has 0 aromatic carbocycles. The van der Waals surface area contributed by atoms with Gasteiger partial charge < -0.3 is 15.1 Å². The minimum absolute atomic E-state index is 0.00548. The molecule has 0 radical (unpaired) electrons. The molecule has 3 amide bonds. The van der Waals surface area contributed by atoms with Crippen LogP contribution in [0.3, 0.4) is 0 Å². The Morgan fingerprint density at radius 3 is 2.38 bits per heavy atom. The molecule has 0 bridgehead atoms. The highest BCUT2D eigenvalue weighted by molar-refractivity contribution is 5.85. The summed E-state index contributed by atoms with van der Waals surface area (Å²) in [6.45, 7) is 1.21. The van der Waals surface area contributed by atoms with Crippen molar-refractivity contribution in [2.24, 2.45) is 0 Å². The molecule has 0 aromatic heterocycles. The van der Waals surface area contributed by atoms with Crippen LogP contribution in [0.15, 0.2) is 0 Å². The lowest BCUT2D eigenvalue weighted by Gasteiger charge is -2.36. The fourth-order valence-electron chi connectivity index (χ4n) is 3.08. The maximum Gasteiger partial charge on any atom is 0.318 e. The lowest BCUT2D eigenvalue weighted by Crippen LogP contribution is -2.56. The molecule has 1 heterocycles. The molecule has 1 aliphatic heterocycles. The van der Waals surface area contributed by atoms with Gasteiger partial charge in [0.1, 0.15) is 6.54 Å². The number of hydrogen-bond acceptors (Lipinski definition) is 2.